The number of nitrogens with one attached hydrogen (secondary N) is 1. The molecule has 3 aromatic rings. The summed E-state index contributed by atoms with van der Waals surface area (Å²) in [6, 6.07) is 15.6. The van der Waals surface area contributed by atoms with Gasteiger partial charge >= 0.3 is 5.69 Å². The van der Waals surface area contributed by atoms with Gasteiger partial charge in [-0.2, -0.15) is 0 Å². The van der Waals surface area contributed by atoms with Crippen molar-refractivity contribution in [3.05, 3.63) is 86.6 Å². The Hall–Kier alpha value is -4.14. The molecule has 1 amide bonds. The molecule has 9 nitrogen and oxygen atoms in total. The molecule has 0 saturated heterocycles. The number of H-pyrrole nitrogens is 1. The number of nitrogen functional groups attached to an aromatic ring is 1. The number of Topliss-reactive ketones (excluding diaryl/α,β-unsaturated/α-hetero) is 1. The third-order valence-corrected chi connectivity index (χ3v) is 5.30. The van der Waals surface area contributed by atoms with Gasteiger partial charge in [0.2, 0.25) is 0 Å². The number of benzene rings is 2. The number of ether oxygens (including phenoxy) is 1. The van der Waals surface area contributed by atoms with Crippen LogP contribution >= 0.6 is 0 Å². The zero-order valence-electron chi connectivity index (χ0n) is 19.4. The SMILES string of the molecule is CCCN(C(=O)C(C)Oc1ccc(C(C)=O)cc1)c1c(N)n(Cc2ccccc2)c(=O)[nH]c1=O. The van der Waals surface area contributed by atoms with E-state index in [1.165, 1.54) is 16.4 Å². The van der Waals surface area contributed by atoms with Crippen LogP contribution in [0.15, 0.2) is 64.2 Å². The summed E-state index contributed by atoms with van der Waals surface area (Å²) in [5, 5.41) is 0. The minimum atomic E-state index is -0.956. The number of aromatic amines is 1. The first kappa shape index (κ1) is 24.5. The summed E-state index contributed by atoms with van der Waals surface area (Å²) >= 11 is 0. The molecular weight excluding hydrogens is 436 g/mol. The maximum absolute atomic E-state index is 13.3. The van der Waals surface area contributed by atoms with Gasteiger partial charge in [-0.25, -0.2) is 4.79 Å². The number of carbonyl (C=O) groups excluding carboxylic acids is 2. The van der Waals surface area contributed by atoms with Crippen LogP contribution in [0.1, 0.15) is 43.1 Å². The lowest BCUT2D eigenvalue weighted by molar-refractivity contribution is -0.124. The second-order valence-corrected chi connectivity index (χ2v) is 7.90. The quantitative estimate of drug-likeness (QED) is 0.469. The summed E-state index contributed by atoms with van der Waals surface area (Å²) < 4.78 is 7.00. The number of amides is 1. The number of anilines is 2. The predicted octanol–water partition coefficient (Wildman–Crippen LogP) is 2.58. The van der Waals surface area contributed by atoms with Crippen molar-refractivity contribution in [1.82, 2.24) is 9.55 Å². The maximum Gasteiger partial charge on any atom is 0.330 e. The van der Waals surface area contributed by atoms with Crippen LogP contribution in [0.2, 0.25) is 0 Å². The van der Waals surface area contributed by atoms with Gasteiger partial charge in [0.1, 0.15) is 11.6 Å². The van der Waals surface area contributed by atoms with E-state index in [4.69, 9.17) is 10.5 Å². The van der Waals surface area contributed by atoms with Crippen molar-refractivity contribution in [3.63, 3.8) is 0 Å². The van der Waals surface area contributed by atoms with Crippen LogP contribution in [0.25, 0.3) is 0 Å². The summed E-state index contributed by atoms with van der Waals surface area (Å²) in [6.45, 7) is 5.22. The van der Waals surface area contributed by atoms with E-state index in [1.807, 2.05) is 37.3 Å². The minimum Gasteiger partial charge on any atom is -0.481 e. The van der Waals surface area contributed by atoms with Crippen LogP contribution in [0.3, 0.4) is 0 Å². The number of aromatic nitrogens is 2. The lowest BCUT2D eigenvalue weighted by Crippen LogP contribution is -2.46. The number of nitrogens with two attached hydrogens (primary N) is 1. The van der Waals surface area contributed by atoms with E-state index in [0.717, 1.165) is 5.56 Å². The Balaban J connectivity index is 1.93. The summed E-state index contributed by atoms with van der Waals surface area (Å²) in [6.07, 6.45) is -0.411. The molecular formula is C25H28N4O5. The van der Waals surface area contributed by atoms with E-state index in [9.17, 15) is 19.2 Å². The van der Waals surface area contributed by atoms with Crippen molar-refractivity contribution >= 4 is 23.2 Å². The van der Waals surface area contributed by atoms with Gasteiger partial charge in [-0.05, 0) is 50.1 Å². The molecule has 0 bridgehead atoms. The van der Waals surface area contributed by atoms with Gasteiger partial charge < -0.3 is 15.4 Å². The molecule has 1 heterocycles. The standard InChI is InChI=1S/C25H28N4O5/c1-4-14-28(24(32)17(3)34-20-12-10-19(11-13-20)16(2)30)21-22(26)29(25(33)27-23(21)31)15-18-8-6-5-7-9-18/h5-13,17H,4,14-15,26H2,1-3H3,(H,27,31,33). The Kier molecular flexibility index (Phi) is 7.68. The highest BCUT2D eigenvalue weighted by Gasteiger charge is 2.28. The molecule has 9 heteroatoms. The first-order valence-electron chi connectivity index (χ1n) is 11.0. The molecule has 0 saturated carbocycles. The molecule has 3 rings (SSSR count). The molecule has 3 N–H and O–H groups in total. The van der Waals surface area contributed by atoms with Gasteiger partial charge in [-0.15, -0.1) is 0 Å². The number of carbonyl (C=O) groups is 2. The molecule has 0 aliphatic carbocycles. The Morgan fingerprint density at radius 2 is 1.74 bits per heavy atom. The molecule has 1 aromatic heterocycles. The van der Waals surface area contributed by atoms with Gasteiger partial charge in [-0.1, -0.05) is 37.3 Å². The first-order valence-corrected chi connectivity index (χ1v) is 11.0. The van der Waals surface area contributed by atoms with Crippen molar-refractivity contribution in [3.8, 4) is 5.75 Å². The molecule has 0 fully saturated rings. The topological polar surface area (TPSA) is 127 Å². The highest BCUT2D eigenvalue weighted by molar-refractivity contribution is 5.98. The van der Waals surface area contributed by atoms with Crippen molar-refractivity contribution < 1.29 is 14.3 Å². The van der Waals surface area contributed by atoms with Crippen LogP contribution in [0.5, 0.6) is 5.75 Å². The second kappa shape index (κ2) is 10.7. The zero-order valence-corrected chi connectivity index (χ0v) is 19.4. The number of rotatable bonds is 9. The van der Waals surface area contributed by atoms with Gasteiger partial charge in [0.15, 0.2) is 17.6 Å². The largest absolute Gasteiger partial charge is 0.481 e. The summed E-state index contributed by atoms with van der Waals surface area (Å²) in [5.41, 5.74) is 6.12. The fourth-order valence-electron chi connectivity index (χ4n) is 3.56. The Morgan fingerprint density at radius 3 is 2.32 bits per heavy atom. The highest BCUT2D eigenvalue weighted by Crippen LogP contribution is 2.21. The Labute approximate surface area is 196 Å². The van der Waals surface area contributed by atoms with E-state index in [2.05, 4.69) is 4.98 Å². The second-order valence-electron chi connectivity index (χ2n) is 7.90. The van der Waals surface area contributed by atoms with E-state index < -0.39 is 23.3 Å². The highest BCUT2D eigenvalue weighted by atomic mass is 16.5. The lowest BCUT2D eigenvalue weighted by atomic mass is 10.1. The van der Waals surface area contributed by atoms with Crippen LogP contribution in [-0.2, 0) is 11.3 Å². The third kappa shape index (κ3) is 5.43. The van der Waals surface area contributed by atoms with Gasteiger partial charge in [0.05, 0.1) is 6.54 Å². The minimum absolute atomic E-state index is 0.0786. The molecule has 1 unspecified atom stereocenters. The van der Waals surface area contributed by atoms with E-state index >= 15 is 0 Å². The predicted molar refractivity (Wildman–Crippen MR) is 130 cm³/mol. The van der Waals surface area contributed by atoms with Crippen molar-refractivity contribution in [2.45, 2.75) is 39.8 Å². The molecule has 2 aromatic carbocycles. The van der Waals surface area contributed by atoms with Crippen molar-refractivity contribution in [1.29, 1.82) is 0 Å². The molecule has 0 aliphatic heterocycles. The fraction of sp³-hybridized carbons (Fsp3) is 0.280. The van der Waals surface area contributed by atoms with Crippen LogP contribution in [0.4, 0.5) is 11.5 Å². The summed E-state index contributed by atoms with van der Waals surface area (Å²) in [5.74, 6) is -0.264. The van der Waals surface area contributed by atoms with Crippen LogP contribution in [0, 0.1) is 0 Å². The third-order valence-electron chi connectivity index (χ3n) is 5.30. The number of nitrogens with zero attached hydrogens (tertiary/aromatic N) is 2. The Morgan fingerprint density at radius 1 is 1.09 bits per heavy atom. The smallest absolute Gasteiger partial charge is 0.330 e. The molecule has 178 valence electrons. The van der Waals surface area contributed by atoms with Gasteiger partial charge in [0, 0.05) is 12.1 Å². The van der Waals surface area contributed by atoms with Crippen LogP contribution < -0.4 is 26.6 Å². The van der Waals surface area contributed by atoms with Crippen molar-refractivity contribution in [2.75, 3.05) is 17.2 Å². The van der Waals surface area contributed by atoms with Crippen molar-refractivity contribution in [2.24, 2.45) is 0 Å². The zero-order chi connectivity index (χ0) is 24.8. The molecule has 0 aliphatic rings. The summed E-state index contributed by atoms with van der Waals surface area (Å²) in [7, 11) is 0. The summed E-state index contributed by atoms with van der Waals surface area (Å²) in [4.78, 5) is 53.6. The number of hydrogen-bond acceptors (Lipinski definition) is 6. The number of ketones is 1. The Bertz CT molecular complexity index is 1280. The average Bonchev–Trinajstić information content (AvgIpc) is 2.81. The normalized spacial score (nSPS) is 11.6. The van der Waals surface area contributed by atoms with E-state index in [1.54, 1.807) is 31.2 Å². The van der Waals surface area contributed by atoms with E-state index in [0.29, 0.717) is 17.7 Å². The molecule has 1 atom stereocenters. The van der Waals surface area contributed by atoms with Gasteiger partial charge in [0.25, 0.3) is 11.5 Å². The fourth-order valence-corrected chi connectivity index (χ4v) is 3.56. The molecule has 0 spiro atoms. The van der Waals surface area contributed by atoms with E-state index in [-0.39, 0.29) is 30.4 Å². The first-order chi connectivity index (χ1) is 16.2. The average molecular weight is 465 g/mol. The van der Waals surface area contributed by atoms with Crippen LogP contribution in [-0.4, -0.2) is 33.9 Å². The van der Waals surface area contributed by atoms with Gasteiger partial charge in [-0.3, -0.25) is 23.9 Å². The monoisotopic (exact) mass is 464 g/mol. The lowest BCUT2D eigenvalue weighted by Gasteiger charge is -2.27. The molecule has 34 heavy (non-hydrogen) atoms. The maximum atomic E-state index is 13.3. The molecule has 0 radical (unpaired) electrons. The number of hydrogen-bond donors (Lipinski definition) is 2.